The molecule has 54 valence electrons. The van der Waals surface area contributed by atoms with Crippen molar-refractivity contribution in [2.45, 2.75) is 0 Å². The quantitative estimate of drug-likeness (QED) is 0.600. The van der Waals surface area contributed by atoms with Gasteiger partial charge in [-0.2, -0.15) is 0 Å². The summed E-state index contributed by atoms with van der Waals surface area (Å²) in [5.74, 6) is 0. The summed E-state index contributed by atoms with van der Waals surface area (Å²) in [4.78, 5) is 0. The van der Waals surface area contributed by atoms with Gasteiger partial charge in [0.2, 0.25) is 10.0 Å². The predicted octanol–water partition coefficient (Wildman–Crippen LogP) is -0.161. The zero-order chi connectivity index (χ0) is 7.49. The topological polar surface area (TPSA) is 72.5 Å². The van der Waals surface area contributed by atoms with E-state index in [1.54, 1.807) is 4.49 Å². The van der Waals surface area contributed by atoms with Crippen LogP contribution in [0.5, 0.6) is 0 Å². The summed E-state index contributed by atoms with van der Waals surface area (Å²) in [5.41, 5.74) is 0. The SMILES string of the molecule is CO[P+](=O)NS(C)(=O)=O. The van der Waals surface area contributed by atoms with Crippen LogP contribution in [0.1, 0.15) is 0 Å². The minimum Gasteiger partial charge on any atom is -0.209 e. The summed E-state index contributed by atoms with van der Waals surface area (Å²) < 4.78 is 36.6. The van der Waals surface area contributed by atoms with Gasteiger partial charge in [-0.15, -0.1) is 4.52 Å². The Kier molecular flexibility index (Phi) is 3.21. The molecular formula is C2H7NO4PS+. The minimum atomic E-state index is -3.39. The van der Waals surface area contributed by atoms with Gasteiger partial charge < -0.3 is 0 Å². The molecule has 0 aromatic carbocycles. The summed E-state index contributed by atoms with van der Waals surface area (Å²) in [6, 6.07) is 0. The van der Waals surface area contributed by atoms with Gasteiger partial charge in [0.1, 0.15) is 0 Å². The first kappa shape index (κ1) is 8.97. The average molecular weight is 172 g/mol. The maximum absolute atomic E-state index is 10.3. The molecule has 0 saturated heterocycles. The van der Waals surface area contributed by atoms with Crippen molar-refractivity contribution in [1.29, 1.82) is 0 Å². The lowest BCUT2D eigenvalue weighted by Gasteiger charge is -1.82. The van der Waals surface area contributed by atoms with Crippen LogP contribution in [0.4, 0.5) is 0 Å². The highest BCUT2D eigenvalue weighted by Gasteiger charge is 2.20. The van der Waals surface area contributed by atoms with E-state index < -0.39 is 18.2 Å². The lowest BCUT2D eigenvalue weighted by Crippen LogP contribution is -2.13. The summed E-state index contributed by atoms with van der Waals surface area (Å²) >= 11 is 0. The monoisotopic (exact) mass is 172 g/mol. The summed E-state index contributed by atoms with van der Waals surface area (Å²) in [6.07, 6.45) is 0.902. The molecule has 0 spiro atoms. The molecule has 0 aliphatic rings. The third-order valence-corrected chi connectivity index (χ3v) is 2.66. The molecule has 0 aliphatic carbocycles. The number of rotatable bonds is 3. The van der Waals surface area contributed by atoms with Crippen molar-refractivity contribution in [3.05, 3.63) is 0 Å². The lowest BCUT2D eigenvalue weighted by molar-refractivity contribution is 0.411. The molecule has 0 heterocycles. The van der Waals surface area contributed by atoms with E-state index in [9.17, 15) is 13.0 Å². The third-order valence-electron chi connectivity index (χ3n) is 0.406. The molecule has 1 N–H and O–H groups in total. The first-order valence-electron chi connectivity index (χ1n) is 1.94. The van der Waals surface area contributed by atoms with Gasteiger partial charge in [-0.1, -0.05) is 0 Å². The molecule has 0 bridgehead atoms. The summed E-state index contributed by atoms with van der Waals surface area (Å²) in [6.45, 7) is 0. The maximum Gasteiger partial charge on any atom is 0.627 e. The van der Waals surface area contributed by atoms with Crippen LogP contribution < -0.4 is 4.49 Å². The number of hydrogen-bond donors (Lipinski definition) is 1. The van der Waals surface area contributed by atoms with Gasteiger partial charge in [-0.3, -0.25) is 0 Å². The number of sulfonamides is 1. The van der Waals surface area contributed by atoms with E-state index in [1.807, 2.05) is 0 Å². The van der Waals surface area contributed by atoms with E-state index in [-0.39, 0.29) is 0 Å². The smallest absolute Gasteiger partial charge is 0.209 e. The first-order valence-corrected chi connectivity index (χ1v) is 5.01. The largest absolute Gasteiger partial charge is 0.627 e. The van der Waals surface area contributed by atoms with Crippen molar-refractivity contribution in [3.8, 4) is 0 Å². The molecule has 9 heavy (non-hydrogen) atoms. The highest BCUT2D eigenvalue weighted by atomic mass is 32.2. The molecule has 0 aromatic rings. The fourth-order valence-corrected chi connectivity index (χ4v) is 1.55. The van der Waals surface area contributed by atoms with E-state index in [0.29, 0.717) is 0 Å². The molecule has 0 fully saturated rings. The second kappa shape index (κ2) is 3.22. The van der Waals surface area contributed by atoms with Crippen LogP contribution in [-0.2, 0) is 19.1 Å². The molecule has 0 saturated carbocycles. The zero-order valence-electron chi connectivity index (χ0n) is 4.99. The Morgan fingerprint density at radius 1 is 1.56 bits per heavy atom. The van der Waals surface area contributed by atoms with Gasteiger partial charge in [0.25, 0.3) is 0 Å². The van der Waals surface area contributed by atoms with E-state index in [4.69, 9.17) is 0 Å². The van der Waals surface area contributed by atoms with Gasteiger partial charge in [-0.05, 0) is 4.57 Å². The Morgan fingerprint density at radius 2 is 2.00 bits per heavy atom. The van der Waals surface area contributed by atoms with Crippen molar-refractivity contribution in [1.82, 2.24) is 4.49 Å². The average Bonchev–Trinajstić information content (AvgIpc) is 1.62. The molecule has 0 aliphatic heterocycles. The second-order valence-corrected chi connectivity index (χ2v) is 4.46. The van der Waals surface area contributed by atoms with Crippen LogP contribution in [0, 0.1) is 0 Å². The van der Waals surface area contributed by atoms with Gasteiger partial charge in [-0.25, -0.2) is 8.42 Å². The Bertz CT molecular complexity index is 197. The first-order chi connectivity index (χ1) is 3.95. The van der Waals surface area contributed by atoms with Crippen molar-refractivity contribution in [2.24, 2.45) is 0 Å². The molecular weight excluding hydrogens is 165 g/mol. The molecule has 0 aromatic heterocycles. The van der Waals surface area contributed by atoms with E-state index in [0.717, 1.165) is 13.4 Å². The van der Waals surface area contributed by atoms with Crippen LogP contribution in [0.15, 0.2) is 0 Å². The zero-order valence-corrected chi connectivity index (χ0v) is 6.70. The van der Waals surface area contributed by atoms with Crippen LogP contribution in [0.25, 0.3) is 0 Å². The van der Waals surface area contributed by atoms with Crippen LogP contribution in [-0.4, -0.2) is 21.8 Å². The van der Waals surface area contributed by atoms with Crippen LogP contribution >= 0.6 is 8.18 Å². The van der Waals surface area contributed by atoms with Crippen molar-refractivity contribution < 1.29 is 17.5 Å². The van der Waals surface area contributed by atoms with E-state index in [1.165, 1.54) is 0 Å². The molecule has 1 unspecified atom stereocenters. The normalized spacial score (nSPS) is 13.3. The molecule has 0 radical (unpaired) electrons. The van der Waals surface area contributed by atoms with Crippen molar-refractivity contribution >= 4 is 18.2 Å². The van der Waals surface area contributed by atoms with Crippen LogP contribution in [0.2, 0.25) is 0 Å². The highest BCUT2D eigenvalue weighted by molar-refractivity contribution is 7.92. The summed E-state index contributed by atoms with van der Waals surface area (Å²) in [5, 5.41) is 0. The second-order valence-electron chi connectivity index (χ2n) is 1.30. The molecule has 7 heteroatoms. The maximum atomic E-state index is 10.3. The Balaban J connectivity index is 3.91. The van der Waals surface area contributed by atoms with Gasteiger partial charge >= 0.3 is 8.18 Å². The number of nitrogens with one attached hydrogen (secondary N) is 1. The van der Waals surface area contributed by atoms with Gasteiger partial charge in [0.15, 0.2) is 0 Å². The molecule has 0 rings (SSSR count). The summed E-state index contributed by atoms with van der Waals surface area (Å²) in [7, 11) is -4.50. The Morgan fingerprint density at radius 3 is 2.11 bits per heavy atom. The fraction of sp³-hybridized carbons (Fsp3) is 1.00. The number of hydrogen-bond acceptors (Lipinski definition) is 4. The Hall–Kier alpha value is -0.0300. The standard InChI is InChI=1S/C2H7NO4PS/c1-7-8(4)3-9(2,5)6/h1-2H3,(H,3,4)/q+1. The van der Waals surface area contributed by atoms with Gasteiger partial charge in [0, 0.05) is 4.49 Å². The van der Waals surface area contributed by atoms with Gasteiger partial charge in [0.05, 0.1) is 13.4 Å². The van der Waals surface area contributed by atoms with Crippen molar-refractivity contribution in [3.63, 3.8) is 0 Å². The Labute approximate surface area is 54.4 Å². The third kappa shape index (κ3) is 5.85. The van der Waals surface area contributed by atoms with E-state index >= 15 is 0 Å². The lowest BCUT2D eigenvalue weighted by atomic mass is 11.8. The fourth-order valence-electron chi connectivity index (χ4n) is 0.173. The highest BCUT2D eigenvalue weighted by Crippen LogP contribution is 2.13. The van der Waals surface area contributed by atoms with Crippen molar-refractivity contribution in [2.75, 3.05) is 13.4 Å². The predicted molar refractivity (Wildman–Crippen MR) is 32.6 cm³/mol. The van der Waals surface area contributed by atoms with Crippen LogP contribution in [0.3, 0.4) is 0 Å². The van der Waals surface area contributed by atoms with E-state index in [2.05, 4.69) is 4.52 Å². The molecule has 5 nitrogen and oxygen atoms in total. The molecule has 1 atom stereocenters. The molecule has 0 amide bonds. The minimum absolute atomic E-state index is 0.902.